The molecule has 1 amide bonds. The first kappa shape index (κ1) is 20.0. The number of hydrogen-bond acceptors (Lipinski definition) is 3. The minimum Gasteiger partial charge on any atom is -0.349 e. The largest absolute Gasteiger partial charge is 0.349 e. The summed E-state index contributed by atoms with van der Waals surface area (Å²) in [5.74, 6) is -0.952. The van der Waals surface area contributed by atoms with Crippen molar-refractivity contribution in [2.75, 3.05) is 13.1 Å². The van der Waals surface area contributed by atoms with Gasteiger partial charge >= 0.3 is 0 Å². The molecule has 0 radical (unpaired) electrons. The molecule has 1 fully saturated rings. The maximum absolute atomic E-state index is 13.2. The van der Waals surface area contributed by atoms with Crippen molar-refractivity contribution in [2.24, 2.45) is 5.92 Å². The van der Waals surface area contributed by atoms with Gasteiger partial charge in [0.25, 0.3) is 0 Å². The highest BCUT2D eigenvalue weighted by atomic mass is 32.2. The zero-order chi connectivity index (χ0) is 20.4. The van der Waals surface area contributed by atoms with Crippen LogP contribution < -0.4 is 5.32 Å². The van der Waals surface area contributed by atoms with Gasteiger partial charge in [-0.25, -0.2) is 12.8 Å². The topological polar surface area (TPSA) is 66.5 Å². The van der Waals surface area contributed by atoms with Crippen LogP contribution in [0.2, 0.25) is 0 Å². The molecule has 1 aliphatic carbocycles. The fourth-order valence-electron chi connectivity index (χ4n) is 4.32. The van der Waals surface area contributed by atoms with E-state index in [0.717, 1.165) is 31.4 Å². The van der Waals surface area contributed by atoms with Crippen molar-refractivity contribution in [3.05, 3.63) is 65.5 Å². The second-order valence-electron chi connectivity index (χ2n) is 7.81. The van der Waals surface area contributed by atoms with E-state index in [1.807, 2.05) is 12.1 Å². The smallest absolute Gasteiger partial charge is 0.243 e. The summed E-state index contributed by atoms with van der Waals surface area (Å²) >= 11 is 0. The SMILES string of the molecule is O=C(N[C@@H]1CCCc2ccccc21)[C@H]1CCCN(S(=O)(=O)c2ccc(F)cc2)C1. The van der Waals surface area contributed by atoms with Crippen LogP contribution in [0.4, 0.5) is 4.39 Å². The molecule has 4 rings (SSSR count). The number of sulfonamides is 1. The van der Waals surface area contributed by atoms with Gasteiger partial charge in [-0.2, -0.15) is 4.31 Å². The van der Waals surface area contributed by atoms with E-state index in [1.165, 1.54) is 27.6 Å². The van der Waals surface area contributed by atoms with E-state index >= 15 is 0 Å². The summed E-state index contributed by atoms with van der Waals surface area (Å²) in [4.78, 5) is 13.0. The highest BCUT2D eigenvalue weighted by molar-refractivity contribution is 7.89. The third-order valence-corrected chi connectivity index (χ3v) is 7.77. The monoisotopic (exact) mass is 416 g/mol. The van der Waals surface area contributed by atoms with Crippen LogP contribution in [0.3, 0.4) is 0 Å². The summed E-state index contributed by atoms with van der Waals surface area (Å²) in [6, 6.07) is 13.0. The van der Waals surface area contributed by atoms with Gasteiger partial charge in [-0.15, -0.1) is 0 Å². The maximum Gasteiger partial charge on any atom is 0.243 e. The number of hydrogen-bond donors (Lipinski definition) is 1. The van der Waals surface area contributed by atoms with Gasteiger partial charge in [-0.3, -0.25) is 4.79 Å². The highest BCUT2D eigenvalue weighted by Gasteiger charge is 2.34. The molecule has 1 heterocycles. The third-order valence-electron chi connectivity index (χ3n) is 5.89. The van der Waals surface area contributed by atoms with Crippen LogP contribution in [-0.2, 0) is 21.2 Å². The predicted molar refractivity (Wildman–Crippen MR) is 108 cm³/mol. The Bertz CT molecular complexity index is 991. The average Bonchev–Trinajstić information content (AvgIpc) is 2.74. The Morgan fingerprint density at radius 3 is 2.59 bits per heavy atom. The second kappa shape index (κ2) is 8.24. The van der Waals surface area contributed by atoms with Gasteiger partial charge < -0.3 is 5.32 Å². The minimum atomic E-state index is -3.74. The van der Waals surface area contributed by atoms with E-state index in [1.54, 1.807) is 0 Å². The van der Waals surface area contributed by atoms with Crippen molar-refractivity contribution in [3.63, 3.8) is 0 Å². The maximum atomic E-state index is 13.2. The highest BCUT2D eigenvalue weighted by Crippen LogP contribution is 2.31. The van der Waals surface area contributed by atoms with E-state index in [2.05, 4.69) is 17.4 Å². The summed E-state index contributed by atoms with van der Waals surface area (Å²) in [6.07, 6.45) is 4.23. The normalized spacial score (nSPS) is 22.7. The molecule has 0 spiro atoms. The molecule has 2 aromatic rings. The number of benzene rings is 2. The van der Waals surface area contributed by atoms with Crippen LogP contribution >= 0.6 is 0 Å². The summed E-state index contributed by atoms with van der Waals surface area (Å²) < 4.78 is 40.3. The first-order chi connectivity index (χ1) is 13.9. The van der Waals surface area contributed by atoms with Crippen LogP contribution in [0, 0.1) is 11.7 Å². The lowest BCUT2D eigenvalue weighted by atomic mass is 9.87. The lowest BCUT2D eigenvalue weighted by Gasteiger charge is -2.33. The van der Waals surface area contributed by atoms with Crippen LogP contribution in [0.1, 0.15) is 42.9 Å². The molecule has 0 bridgehead atoms. The number of nitrogens with zero attached hydrogens (tertiary/aromatic N) is 1. The van der Waals surface area contributed by atoms with Crippen molar-refractivity contribution in [1.82, 2.24) is 9.62 Å². The first-order valence-electron chi connectivity index (χ1n) is 10.1. The number of amides is 1. The molecule has 29 heavy (non-hydrogen) atoms. The summed E-state index contributed by atoms with van der Waals surface area (Å²) in [6.45, 7) is 0.523. The number of carbonyl (C=O) groups is 1. The molecule has 0 unspecified atom stereocenters. The molecule has 2 aliphatic rings. The lowest BCUT2D eigenvalue weighted by Crippen LogP contribution is -2.46. The summed E-state index contributed by atoms with van der Waals surface area (Å²) in [5, 5.41) is 3.15. The molecular weight excluding hydrogens is 391 g/mol. The number of halogens is 1. The number of rotatable bonds is 4. The van der Waals surface area contributed by atoms with Gasteiger partial charge in [0, 0.05) is 13.1 Å². The van der Waals surface area contributed by atoms with Crippen LogP contribution in [0.25, 0.3) is 0 Å². The number of carbonyl (C=O) groups excluding carboxylic acids is 1. The fourth-order valence-corrected chi connectivity index (χ4v) is 5.85. The third kappa shape index (κ3) is 4.21. The molecule has 2 atom stereocenters. The molecule has 154 valence electrons. The number of fused-ring (bicyclic) bond motifs is 1. The Hall–Kier alpha value is -2.25. The second-order valence-corrected chi connectivity index (χ2v) is 9.75. The van der Waals surface area contributed by atoms with Crippen LogP contribution in [0.5, 0.6) is 0 Å². The Morgan fingerprint density at radius 2 is 1.79 bits per heavy atom. The van der Waals surface area contributed by atoms with E-state index in [-0.39, 0.29) is 29.3 Å². The molecule has 1 N–H and O–H groups in total. The van der Waals surface area contributed by atoms with Crippen molar-refractivity contribution in [2.45, 2.75) is 43.0 Å². The lowest BCUT2D eigenvalue weighted by molar-refractivity contribution is -0.127. The van der Waals surface area contributed by atoms with Crippen molar-refractivity contribution >= 4 is 15.9 Å². The van der Waals surface area contributed by atoms with Gasteiger partial charge in [0.1, 0.15) is 5.82 Å². The Kier molecular flexibility index (Phi) is 5.69. The van der Waals surface area contributed by atoms with E-state index < -0.39 is 15.8 Å². The first-order valence-corrected chi connectivity index (χ1v) is 11.5. The summed E-state index contributed by atoms with van der Waals surface area (Å²) in [5.41, 5.74) is 2.44. The van der Waals surface area contributed by atoms with Crippen LogP contribution in [-0.4, -0.2) is 31.7 Å². The molecule has 1 aliphatic heterocycles. The molecule has 2 aromatic carbocycles. The molecule has 0 aromatic heterocycles. The van der Waals surface area contributed by atoms with Gasteiger partial charge in [0.2, 0.25) is 15.9 Å². The Morgan fingerprint density at radius 1 is 1.03 bits per heavy atom. The van der Waals surface area contributed by atoms with Gasteiger partial charge in [0.05, 0.1) is 16.9 Å². The average molecular weight is 417 g/mol. The quantitative estimate of drug-likeness (QED) is 0.831. The van der Waals surface area contributed by atoms with Gasteiger partial charge in [-0.1, -0.05) is 24.3 Å². The van der Waals surface area contributed by atoms with E-state index in [0.29, 0.717) is 19.4 Å². The van der Waals surface area contributed by atoms with Crippen molar-refractivity contribution < 1.29 is 17.6 Å². The Balaban J connectivity index is 1.46. The van der Waals surface area contributed by atoms with E-state index in [9.17, 15) is 17.6 Å². The zero-order valence-corrected chi connectivity index (χ0v) is 17.0. The number of piperidine rings is 1. The fraction of sp³-hybridized carbons (Fsp3) is 0.409. The summed E-state index contributed by atoms with van der Waals surface area (Å²) in [7, 11) is -3.74. The predicted octanol–water partition coefficient (Wildman–Crippen LogP) is 3.42. The molecule has 5 nitrogen and oxygen atoms in total. The molecule has 0 saturated carbocycles. The molecular formula is C22H25FN2O3S. The molecule has 1 saturated heterocycles. The molecule has 7 heteroatoms. The zero-order valence-electron chi connectivity index (χ0n) is 16.2. The van der Waals surface area contributed by atoms with Crippen molar-refractivity contribution in [3.8, 4) is 0 Å². The van der Waals surface area contributed by atoms with Gasteiger partial charge in [0.15, 0.2) is 0 Å². The van der Waals surface area contributed by atoms with E-state index in [4.69, 9.17) is 0 Å². The Labute approximate surface area is 171 Å². The number of aryl methyl sites for hydroxylation is 1. The minimum absolute atomic E-state index is 0.0171. The van der Waals surface area contributed by atoms with Gasteiger partial charge in [-0.05, 0) is 67.5 Å². The van der Waals surface area contributed by atoms with Crippen LogP contribution in [0.15, 0.2) is 53.4 Å². The van der Waals surface area contributed by atoms with Crippen molar-refractivity contribution in [1.29, 1.82) is 0 Å². The number of nitrogens with one attached hydrogen (secondary N) is 1. The standard InChI is InChI=1S/C22H25FN2O3S/c23-18-10-12-19(13-11-18)29(27,28)25-14-4-7-17(15-25)22(26)24-21-9-3-6-16-5-1-2-8-20(16)21/h1-2,5,8,10-13,17,21H,3-4,6-7,9,14-15H2,(H,24,26)/t17-,21+/m0/s1.